The van der Waals surface area contributed by atoms with Crippen molar-refractivity contribution in [3.8, 4) is 0 Å². The minimum atomic E-state index is 0.222. The highest BCUT2D eigenvalue weighted by atomic mass is 32.1. The molecule has 0 unspecified atom stereocenters. The van der Waals surface area contributed by atoms with Gasteiger partial charge >= 0.3 is 0 Å². The maximum atomic E-state index is 12.1. The maximum absolute atomic E-state index is 12.1. The molecule has 5 nitrogen and oxygen atoms in total. The number of thiazole rings is 1. The fourth-order valence-electron chi connectivity index (χ4n) is 2.32. The zero-order valence-electron chi connectivity index (χ0n) is 12.4. The number of hydrogen-bond donors (Lipinski definition) is 1. The van der Waals surface area contributed by atoms with Crippen LogP contribution in [0.5, 0.6) is 0 Å². The van der Waals surface area contributed by atoms with Gasteiger partial charge < -0.3 is 10.2 Å². The lowest BCUT2D eigenvalue weighted by Crippen LogP contribution is -2.49. The molecule has 2 heterocycles. The Bertz CT molecular complexity index is 429. The smallest absolute Gasteiger partial charge is 0.236 e. The molecule has 2 rings (SSSR count). The highest BCUT2D eigenvalue weighted by molar-refractivity contribution is 7.09. The lowest BCUT2D eigenvalue weighted by atomic mass is 10.3. The molecule has 1 aliphatic heterocycles. The van der Waals surface area contributed by atoms with Crippen molar-refractivity contribution in [3.63, 3.8) is 0 Å². The van der Waals surface area contributed by atoms with Gasteiger partial charge in [-0.3, -0.25) is 9.69 Å². The Morgan fingerprint density at radius 3 is 2.95 bits per heavy atom. The molecule has 0 radical (unpaired) electrons. The van der Waals surface area contributed by atoms with E-state index in [1.165, 1.54) is 5.69 Å². The van der Waals surface area contributed by atoms with Crippen LogP contribution in [-0.4, -0.2) is 60.5 Å². The first-order valence-corrected chi connectivity index (χ1v) is 8.17. The number of amides is 1. The molecule has 0 spiro atoms. The zero-order valence-corrected chi connectivity index (χ0v) is 13.2. The van der Waals surface area contributed by atoms with E-state index in [1.807, 2.05) is 11.9 Å². The molecule has 1 fully saturated rings. The van der Waals surface area contributed by atoms with Crippen molar-refractivity contribution in [1.29, 1.82) is 0 Å². The summed E-state index contributed by atoms with van der Waals surface area (Å²) in [6.45, 7) is 6.85. The van der Waals surface area contributed by atoms with Crippen LogP contribution in [0.15, 0.2) is 5.38 Å². The predicted molar refractivity (Wildman–Crippen MR) is 81.9 cm³/mol. The predicted octanol–water partition coefficient (Wildman–Crippen LogP) is 0.959. The summed E-state index contributed by atoms with van der Waals surface area (Å²) in [6.07, 6.45) is 2.17. The quantitative estimate of drug-likeness (QED) is 0.849. The van der Waals surface area contributed by atoms with Crippen molar-refractivity contribution in [3.05, 3.63) is 16.1 Å². The summed E-state index contributed by atoms with van der Waals surface area (Å²) in [5.41, 5.74) is 1.18. The van der Waals surface area contributed by atoms with E-state index in [1.54, 1.807) is 11.3 Å². The number of aromatic nitrogens is 1. The Morgan fingerprint density at radius 1 is 1.50 bits per heavy atom. The molecule has 0 bridgehead atoms. The van der Waals surface area contributed by atoms with Gasteiger partial charge in [-0.1, -0.05) is 13.3 Å². The summed E-state index contributed by atoms with van der Waals surface area (Å²) in [7, 11) is 1.99. The van der Waals surface area contributed by atoms with Gasteiger partial charge in [-0.25, -0.2) is 4.98 Å². The number of carbonyl (C=O) groups is 1. The summed E-state index contributed by atoms with van der Waals surface area (Å²) in [5.74, 6) is 0.222. The Morgan fingerprint density at radius 2 is 2.25 bits per heavy atom. The van der Waals surface area contributed by atoms with Gasteiger partial charge in [0.25, 0.3) is 0 Å². The Balaban J connectivity index is 1.78. The van der Waals surface area contributed by atoms with Crippen molar-refractivity contribution >= 4 is 17.2 Å². The van der Waals surface area contributed by atoms with Crippen molar-refractivity contribution in [2.45, 2.75) is 26.3 Å². The fraction of sp³-hybridized carbons (Fsp3) is 0.714. The third kappa shape index (κ3) is 4.54. The van der Waals surface area contributed by atoms with Crippen LogP contribution in [0.25, 0.3) is 0 Å². The van der Waals surface area contributed by atoms with Gasteiger partial charge in [-0.2, -0.15) is 0 Å². The summed E-state index contributed by atoms with van der Waals surface area (Å²) < 4.78 is 0. The standard InChI is InChI=1S/C14H24N4OS/c1-3-4-12-11-20-13(16-12)9-17(2)10-14(19)18-7-5-15-6-8-18/h11,15H,3-10H2,1-2H3. The van der Waals surface area contributed by atoms with Gasteiger partial charge in [0.1, 0.15) is 5.01 Å². The minimum Gasteiger partial charge on any atom is -0.339 e. The monoisotopic (exact) mass is 296 g/mol. The van der Waals surface area contributed by atoms with Gasteiger partial charge in [-0.05, 0) is 13.5 Å². The van der Waals surface area contributed by atoms with Crippen LogP contribution < -0.4 is 5.32 Å². The first-order chi connectivity index (χ1) is 9.69. The zero-order chi connectivity index (χ0) is 14.4. The second kappa shape index (κ2) is 7.71. The molecular weight excluding hydrogens is 272 g/mol. The van der Waals surface area contributed by atoms with Crippen LogP contribution in [0.4, 0.5) is 0 Å². The van der Waals surface area contributed by atoms with E-state index >= 15 is 0 Å². The Labute approximate surface area is 125 Å². The molecule has 1 aromatic heterocycles. The molecule has 1 saturated heterocycles. The summed E-state index contributed by atoms with van der Waals surface area (Å²) >= 11 is 1.69. The van der Waals surface area contributed by atoms with Crippen molar-refractivity contribution < 1.29 is 4.79 Å². The summed E-state index contributed by atoms with van der Waals surface area (Å²) in [6, 6.07) is 0. The molecule has 0 aromatic carbocycles. The van der Waals surface area contributed by atoms with E-state index in [4.69, 9.17) is 0 Å². The molecular formula is C14H24N4OS. The van der Waals surface area contributed by atoms with E-state index in [0.29, 0.717) is 6.54 Å². The second-order valence-electron chi connectivity index (χ2n) is 5.29. The van der Waals surface area contributed by atoms with Crippen molar-refractivity contribution in [2.24, 2.45) is 0 Å². The molecule has 0 atom stereocenters. The highest BCUT2D eigenvalue weighted by Crippen LogP contribution is 2.13. The summed E-state index contributed by atoms with van der Waals surface area (Å²) in [4.78, 5) is 20.7. The van der Waals surface area contributed by atoms with E-state index in [2.05, 4.69) is 27.5 Å². The van der Waals surface area contributed by atoms with Crippen LogP contribution in [0.2, 0.25) is 0 Å². The first-order valence-electron chi connectivity index (χ1n) is 7.29. The third-order valence-corrected chi connectivity index (χ3v) is 4.27. The molecule has 1 aliphatic rings. The largest absolute Gasteiger partial charge is 0.339 e. The number of nitrogens with zero attached hydrogens (tertiary/aromatic N) is 3. The molecule has 20 heavy (non-hydrogen) atoms. The summed E-state index contributed by atoms with van der Waals surface area (Å²) in [5, 5.41) is 6.49. The van der Waals surface area contributed by atoms with Crippen LogP contribution in [0, 0.1) is 0 Å². The molecule has 6 heteroatoms. The average molecular weight is 296 g/mol. The molecule has 1 aromatic rings. The highest BCUT2D eigenvalue weighted by Gasteiger charge is 2.18. The van der Waals surface area contributed by atoms with Crippen molar-refractivity contribution in [1.82, 2.24) is 20.1 Å². The number of aryl methyl sites for hydroxylation is 1. The average Bonchev–Trinajstić information content (AvgIpc) is 2.87. The number of piperazine rings is 1. The number of hydrogen-bond acceptors (Lipinski definition) is 5. The molecule has 112 valence electrons. The third-order valence-electron chi connectivity index (χ3n) is 3.39. The number of nitrogens with one attached hydrogen (secondary N) is 1. The number of likely N-dealkylation sites (N-methyl/N-ethyl adjacent to an activating group) is 1. The van der Waals surface area contributed by atoms with Crippen molar-refractivity contribution in [2.75, 3.05) is 39.8 Å². The van der Waals surface area contributed by atoms with Gasteiger partial charge in [0, 0.05) is 31.6 Å². The maximum Gasteiger partial charge on any atom is 0.236 e. The molecule has 0 aliphatic carbocycles. The second-order valence-corrected chi connectivity index (χ2v) is 6.23. The van der Waals surface area contributed by atoms with Gasteiger partial charge in [-0.15, -0.1) is 11.3 Å². The SMILES string of the molecule is CCCc1csc(CN(C)CC(=O)N2CCNCC2)n1. The minimum absolute atomic E-state index is 0.222. The van der Waals surface area contributed by atoms with E-state index < -0.39 is 0 Å². The molecule has 0 saturated carbocycles. The van der Waals surface area contributed by atoms with Gasteiger partial charge in [0.15, 0.2) is 0 Å². The van der Waals surface area contributed by atoms with Gasteiger partial charge in [0.2, 0.25) is 5.91 Å². The van der Waals surface area contributed by atoms with Crippen LogP contribution >= 0.6 is 11.3 Å². The van der Waals surface area contributed by atoms with Gasteiger partial charge in [0.05, 0.1) is 18.8 Å². The van der Waals surface area contributed by atoms with E-state index in [0.717, 1.165) is 50.6 Å². The lowest BCUT2D eigenvalue weighted by Gasteiger charge is -2.29. The van der Waals surface area contributed by atoms with E-state index in [-0.39, 0.29) is 5.91 Å². The number of rotatable bonds is 6. The fourth-order valence-corrected chi connectivity index (χ4v) is 3.23. The Kier molecular flexibility index (Phi) is 5.94. The lowest BCUT2D eigenvalue weighted by molar-refractivity contribution is -0.132. The molecule has 1 amide bonds. The topological polar surface area (TPSA) is 48.5 Å². The normalized spacial score (nSPS) is 15.8. The first kappa shape index (κ1) is 15.4. The molecule has 1 N–H and O–H groups in total. The Hall–Kier alpha value is -0.980. The van der Waals surface area contributed by atoms with Crippen LogP contribution in [0.3, 0.4) is 0 Å². The number of carbonyl (C=O) groups excluding carboxylic acids is 1. The van der Waals surface area contributed by atoms with Crippen LogP contribution in [-0.2, 0) is 17.8 Å². The van der Waals surface area contributed by atoms with E-state index in [9.17, 15) is 4.79 Å². The van der Waals surface area contributed by atoms with Crippen LogP contribution in [0.1, 0.15) is 24.0 Å².